The summed E-state index contributed by atoms with van der Waals surface area (Å²) in [4.78, 5) is 2.61. The summed E-state index contributed by atoms with van der Waals surface area (Å²) < 4.78 is 16.6. The van der Waals surface area contributed by atoms with Gasteiger partial charge < -0.3 is 19.5 Å². The van der Waals surface area contributed by atoms with Gasteiger partial charge in [-0.05, 0) is 36.5 Å². The molecule has 3 rings (SSSR count). The fourth-order valence-electron chi connectivity index (χ4n) is 3.77. The minimum atomic E-state index is 0.407. The van der Waals surface area contributed by atoms with Gasteiger partial charge in [-0.3, -0.25) is 4.90 Å². The number of piperazine rings is 1. The van der Waals surface area contributed by atoms with Gasteiger partial charge in [-0.1, -0.05) is 0 Å². The van der Waals surface area contributed by atoms with E-state index >= 15 is 0 Å². The first kappa shape index (κ1) is 16.6. The normalized spacial score (nSPS) is 21.8. The number of hydrogen-bond donors (Lipinski definition) is 1. The van der Waals surface area contributed by atoms with Gasteiger partial charge in [0.2, 0.25) is 0 Å². The van der Waals surface area contributed by atoms with Gasteiger partial charge in [0.1, 0.15) is 11.5 Å². The van der Waals surface area contributed by atoms with Crippen molar-refractivity contribution in [3.8, 4) is 11.5 Å². The maximum Gasteiger partial charge on any atom is 0.122 e. The van der Waals surface area contributed by atoms with Gasteiger partial charge in [0.15, 0.2) is 0 Å². The van der Waals surface area contributed by atoms with E-state index in [1.807, 2.05) is 6.07 Å². The minimum absolute atomic E-state index is 0.407. The van der Waals surface area contributed by atoms with E-state index in [9.17, 15) is 0 Å². The molecule has 0 unspecified atom stereocenters. The molecule has 0 saturated carbocycles. The molecule has 5 heteroatoms. The van der Waals surface area contributed by atoms with Crippen LogP contribution in [-0.2, 0) is 4.74 Å². The molecule has 0 aliphatic carbocycles. The molecule has 0 amide bonds. The van der Waals surface area contributed by atoms with E-state index in [2.05, 4.69) is 22.3 Å². The van der Waals surface area contributed by atoms with Crippen LogP contribution in [0.4, 0.5) is 0 Å². The highest BCUT2D eigenvalue weighted by Crippen LogP contribution is 2.38. The van der Waals surface area contributed by atoms with Gasteiger partial charge in [0.25, 0.3) is 0 Å². The smallest absolute Gasteiger partial charge is 0.122 e. The van der Waals surface area contributed by atoms with E-state index in [0.717, 1.165) is 63.7 Å². The molecule has 1 atom stereocenters. The standard InChI is InChI=1S/C18H28N2O3/c1-21-16-11-15(12-17(13-16)22-2)18(14-3-9-23-10-4-14)20-7-5-19-6-8-20/h11-14,18-19H,3-10H2,1-2H3/t18-/m0/s1. The van der Waals surface area contributed by atoms with Crippen molar-refractivity contribution in [1.29, 1.82) is 0 Å². The van der Waals surface area contributed by atoms with Crippen molar-refractivity contribution in [2.45, 2.75) is 18.9 Å². The Morgan fingerprint density at radius 1 is 1.04 bits per heavy atom. The molecule has 2 fully saturated rings. The van der Waals surface area contributed by atoms with E-state index in [1.165, 1.54) is 5.56 Å². The molecule has 2 aliphatic heterocycles. The van der Waals surface area contributed by atoms with Crippen LogP contribution >= 0.6 is 0 Å². The van der Waals surface area contributed by atoms with Gasteiger partial charge in [0, 0.05) is 51.5 Å². The quantitative estimate of drug-likeness (QED) is 0.900. The van der Waals surface area contributed by atoms with Crippen molar-refractivity contribution in [2.75, 3.05) is 53.6 Å². The highest BCUT2D eigenvalue weighted by molar-refractivity contribution is 5.40. The molecule has 2 saturated heterocycles. The fourth-order valence-corrected chi connectivity index (χ4v) is 3.77. The van der Waals surface area contributed by atoms with E-state index in [-0.39, 0.29) is 0 Å². The third-order valence-electron chi connectivity index (χ3n) is 4.97. The number of hydrogen-bond acceptors (Lipinski definition) is 5. The summed E-state index contributed by atoms with van der Waals surface area (Å²) >= 11 is 0. The van der Waals surface area contributed by atoms with E-state index in [0.29, 0.717) is 12.0 Å². The van der Waals surface area contributed by atoms with Crippen LogP contribution in [0.5, 0.6) is 11.5 Å². The molecule has 5 nitrogen and oxygen atoms in total. The highest BCUT2D eigenvalue weighted by atomic mass is 16.5. The van der Waals surface area contributed by atoms with Crippen molar-refractivity contribution >= 4 is 0 Å². The second kappa shape index (κ2) is 7.99. The zero-order chi connectivity index (χ0) is 16.1. The van der Waals surface area contributed by atoms with Gasteiger partial charge in [-0.15, -0.1) is 0 Å². The predicted molar refractivity (Wildman–Crippen MR) is 90.3 cm³/mol. The third kappa shape index (κ3) is 3.97. The van der Waals surface area contributed by atoms with Crippen LogP contribution in [0.1, 0.15) is 24.4 Å². The lowest BCUT2D eigenvalue weighted by Crippen LogP contribution is -2.47. The average molecular weight is 320 g/mol. The molecule has 23 heavy (non-hydrogen) atoms. The number of benzene rings is 1. The van der Waals surface area contributed by atoms with Crippen molar-refractivity contribution < 1.29 is 14.2 Å². The molecule has 0 radical (unpaired) electrons. The topological polar surface area (TPSA) is 43.0 Å². The maximum atomic E-state index is 5.58. The number of nitrogens with one attached hydrogen (secondary N) is 1. The van der Waals surface area contributed by atoms with Crippen molar-refractivity contribution in [1.82, 2.24) is 10.2 Å². The first-order valence-corrected chi connectivity index (χ1v) is 8.57. The minimum Gasteiger partial charge on any atom is -0.497 e. The Morgan fingerprint density at radius 2 is 1.65 bits per heavy atom. The summed E-state index contributed by atoms with van der Waals surface area (Å²) in [5.74, 6) is 2.36. The average Bonchev–Trinajstić information content (AvgIpc) is 2.63. The lowest BCUT2D eigenvalue weighted by molar-refractivity contribution is 0.0212. The second-order valence-electron chi connectivity index (χ2n) is 6.33. The maximum absolute atomic E-state index is 5.58. The summed E-state index contributed by atoms with van der Waals surface area (Å²) in [6, 6.07) is 6.70. The molecular formula is C18H28N2O3. The predicted octanol–water partition coefficient (Wildman–Crippen LogP) is 2.08. The largest absolute Gasteiger partial charge is 0.497 e. The number of methoxy groups -OCH3 is 2. The molecular weight excluding hydrogens is 292 g/mol. The monoisotopic (exact) mass is 320 g/mol. The van der Waals surface area contributed by atoms with Crippen molar-refractivity contribution in [2.24, 2.45) is 5.92 Å². The van der Waals surface area contributed by atoms with Crippen LogP contribution < -0.4 is 14.8 Å². The van der Waals surface area contributed by atoms with Crippen LogP contribution in [0, 0.1) is 5.92 Å². The fraction of sp³-hybridized carbons (Fsp3) is 0.667. The van der Waals surface area contributed by atoms with E-state index in [4.69, 9.17) is 14.2 Å². The number of ether oxygens (including phenoxy) is 3. The Hall–Kier alpha value is -1.30. The molecule has 0 bridgehead atoms. The molecule has 0 spiro atoms. The van der Waals surface area contributed by atoms with Crippen LogP contribution in [0.3, 0.4) is 0 Å². The first-order valence-electron chi connectivity index (χ1n) is 8.57. The van der Waals surface area contributed by atoms with Gasteiger partial charge in [0.05, 0.1) is 14.2 Å². The molecule has 1 aromatic rings. The Morgan fingerprint density at radius 3 is 2.22 bits per heavy atom. The molecule has 2 heterocycles. The lowest BCUT2D eigenvalue weighted by atomic mass is 9.85. The van der Waals surface area contributed by atoms with Gasteiger partial charge in [-0.2, -0.15) is 0 Å². The van der Waals surface area contributed by atoms with Crippen LogP contribution in [-0.4, -0.2) is 58.5 Å². The lowest BCUT2D eigenvalue weighted by Gasteiger charge is -2.41. The summed E-state index contributed by atoms with van der Waals surface area (Å²) in [5.41, 5.74) is 1.30. The molecule has 0 aromatic heterocycles. The molecule has 2 aliphatic rings. The van der Waals surface area contributed by atoms with Crippen LogP contribution in [0.25, 0.3) is 0 Å². The zero-order valence-corrected chi connectivity index (χ0v) is 14.2. The number of rotatable bonds is 5. The zero-order valence-electron chi connectivity index (χ0n) is 14.2. The second-order valence-corrected chi connectivity index (χ2v) is 6.33. The van der Waals surface area contributed by atoms with E-state index < -0.39 is 0 Å². The SMILES string of the molecule is COc1cc(OC)cc([C@H](C2CCOCC2)N2CCNCC2)c1. The van der Waals surface area contributed by atoms with E-state index in [1.54, 1.807) is 14.2 Å². The molecule has 1 N–H and O–H groups in total. The third-order valence-corrected chi connectivity index (χ3v) is 4.97. The van der Waals surface area contributed by atoms with Crippen LogP contribution in [0.15, 0.2) is 18.2 Å². The Labute approximate surface area is 138 Å². The Balaban J connectivity index is 1.92. The summed E-state index contributed by atoms with van der Waals surface area (Å²) in [5, 5.41) is 3.45. The molecule has 128 valence electrons. The highest BCUT2D eigenvalue weighted by Gasteiger charge is 2.31. The Kier molecular flexibility index (Phi) is 5.75. The number of nitrogens with zero attached hydrogens (tertiary/aromatic N) is 1. The summed E-state index contributed by atoms with van der Waals surface area (Å²) in [6.07, 6.45) is 2.24. The van der Waals surface area contributed by atoms with Gasteiger partial charge >= 0.3 is 0 Å². The summed E-state index contributed by atoms with van der Waals surface area (Å²) in [7, 11) is 3.43. The summed E-state index contributed by atoms with van der Waals surface area (Å²) in [6.45, 7) is 6.02. The van der Waals surface area contributed by atoms with Crippen LogP contribution in [0.2, 0.25) is 0 Å². The Bertz CT molecular complexity index is 457. The van der Waals surface area contributed by atoms with Crippen molar-refractivity contribution in [3.05, 3.63) is 23.8 Å². The van der Waals surface area contributed by atoms with Gasteiger partial charge in [-0.25, -0.2) is 0 Å². The first-order chi connectivity index (χ1) is 11.3. The molecule has 1 aromatic carbocycles. The van der Waals surface area contributed by atoms with Crippen molar-refractivity contribution in [3.63, 3.8) is 0 Å².